The molecular formula is C7H4F4N2O. The van der Waals surface area contributed by atoms with Crippen LogP contribution >= 0.6 is 0 Å². The lowest BCUT2D eigenvalue weighted by atomic mass is 10.4. The standard InChI is InChI=1S/C7H4F4N2O/c8-4-2-1-3(6(11)13-4)12-7(14)5(9)10/h1-2,5H,(H,12,14). The summed E-state index contributed by atoms with van der Waals surface area (Å²) in [5.41, 5.74) is -0.586. The third-order valence-corrected chi connectivity index (χ3v) is 1.27. The van der Waals surface area contributed by atoms with Crippen molar-refractivity contribution in [3.63, 3.8) is 0 Å². The smallest absolute Gasteiger partial charge is 0.315 e. The van der Waals surface area contributed by atoms with Gasteiger partial charge in [0.25, 0.3) is 5.91 Å². The first-order valence-corrected chi connectivity index (χ1v) is 3.42. The fourth-order valence-corrected chi connectivity index (χ4v) is 0.693. The molecule has 0 aromatic carbocycles. The first-order valence-electron chi connectivity index (χ1n) is 3.42. The average Bonchev–Trinajstić information content (AvgIpc) is 2.09. The lowest BCUT2D eigenvalue weighted by molar-refractivity contribution is -0.126. The summed E-state index contributed by atoms with van der Waals surface area (Å²) in [4.78, 5) is 13.1. The second kappa shape index (κ2) is 4.03. The van der Waals surface area contributed by atoms with E-state index in [1.807, 2.05) is 0 Å². The number of aromatic nitrogens is 1. The molecule has 0 fully saturated rings. The van der Waals surface area contributed by atoms with Gasteiger partial charge in [-0.25, -0.2) is 0 Å². The van der Waals surface area contributed by atoms with E-state index >= 15 is 0 Å². The minimum Gasteiger partial charge on any atom is -0.317 e. The Morgan fingerprint density at radius 1 is 1.36 bits per heavy atom. The van der Waals surface area contributed by atoms with Crippen molar-refractivity contribution in [1.29, 1.82) is 0 Å². The number of nitrogens with one attached hydrogen (secondary N) is 1. The number of hydrogen-bond donors (Lipinski definition) is 1. The van der Waals surface area contributed by atoms with Crippen LogP contribution in [-0.4, -0.2) is 17.3 Å². The zero-order valence-corrected chi connectivity index (χ0v) is 6.60. The maximum atomic E-state index is 12.7. The fraction of sp³-hybridized carbons (Fsp3) is 0.143. The highest BCUT2D eigenvalue weighted by Crippen LogP contribution is 2.12. The van der Waals surface area contributed by atoms with Gasteiger partial charge in [-0.15, -0.1) is 0 Å². The molecule has 0 saturated carbocycles. The van der Waals surface area contributed by atoms with E-state index in [1.54, 1.807) is 5.32 Å². The molecule has 0 atom stereocenters. The summed E-state index contributed by atoms with van der Waals surface area (Å²) >= 11 is 0. The second-order valence-electron chi connectivity index (χ2n) is 2.26. The summed E-state index contributed by atoms with van der Waals surface area (Å²) in [6.07, 6.45) is -3.26. The van der Waals surface area contributed by atoms with Crippen LogP contribution in [0.15, 0.2) is 12.1 Å². The normalized spacial score (nSPS) is 10.4. The molecule has 1 N–H and O–H groups in total. The van der Waals surface area contributed by atoms with Crippen molar-refractivity contribution in [1.82, 2.24) is 4.98 Å². The lowest BCUT2D eigenvalue weighted by Crippen LogP contribution is -2.21. The molecule has 1 aromatic heterocycles. The van der Waals surface area contributed by atoms with E-state index in [9.17, 15) is 22.4 Å². The van der Waals surface area contributed by atoms with Gasteiger partial charge in [0, 0.05) is 0 Å². The van der Waals surface area contributed by atoms with Crippen LogP contribution < -0.4 is 5.32 Å². The highest BCUT2D eigenvalue weighted by atomic mass is 19.3. The van der Waals surface area contributed by atoms with Crippen molar-refractivity contribution in [2.45, 2.75) is 6.43 Å². The molecule has 3 nitrogen and oxygen atoms in total. The molecule has 0 aliphatic heterocycles. The van der Waals surface area contributed by atoms with Crippen molar-refractivity contribution in [2.24, 2.45) is 0 Å². The largest absolute Gasteiger partial charge is 0.317 e. The quantitative estimate of drug-likeness (QED) is 0.592. The van der Waals surface area contributed by atoms with Gasteiger partial charge in [-0.3, -0.25) is 4.79 Å². The van der Waals surface area contributed by atoms with Gasteiger partial charge >= 0.3 is 6.43 Å². The molecule has 76 valence electrons. The molecule has 7 heteroatoms. The monoisotopic (exact) mass is 208 g/mol. The Morgan fingerprint density at radius 3 is 2.50 bits per heavy atom. The Kier molecular flexibility index (Phi) is 3.00. The van der Waals surface area contributed by atoms with Crippen LogP contribution in [0, 0.1) is 11.9 Å². The van der Waals surface area contributed by atoms with E-state index < -0.39 is 29.9 Å². The van der Waals surface area contributed by atoms with E-state index in [0.29, 0.717) is 0 Å². The van der Waals surface area contributed by atoms with Crippen LogP contribution in [0.2, 0.25) is 0 Å². The van der Waals surface area contributed by atoms with Crippen LogP contribution in [0.5, 0.6) is 0 Å². The average molecular weight is 208 g/mol. The van der Waals surface area contributed by atoms with Crippen molar-refractivity contribution >= 4 is 11.6 Å². The second-order valence-corrected chi connectivity index (χ2v) is 2.26. The number of pyridine rings is 1. The summed E-state index contributed by atoms with van der Waals surface area (Å²) in [5.74, 6) is -4.12. The maximum absolute atomic E-state index is 12.7. The summed E-state index contributed by atoms with van der Waals surface area (Å²) in [7, 11) is 0. The zero-order chi connectivity index (χ0) is 10.7. The third kappa shape index (κ3) is 2.41. The first kappa shape index (κ1) is 10.4. The Bertz CT molecular complexity index is 356. The fourth-order valence-electron chi connectivity index (χ4n) is 0.693. The number of anilines is 1. The van der Waals surface area contributed by atoms with Crippen molar-refractivity contribution in [3.05, 3.63) is 24.0 Å². The van der Waals surface area contributed by atoms with Gasteiger partial charge in [0.15, 0.2) is 0 Å². The van der Waals surface area contributed by atoms with Crippen LogP contribution in [0.3, 0.4) is 0 Å². The van der Waals surface area contributed by atoms with Crippen LogP contribution in [-0.2, 0) is 4.79 Å². The van der Waals surface area contributed by atoms with Gasteiger partial charge in [-0.1, -0.05) is 0 Å². The zero-order valence-electron chi connectivity index (χ0n) is 6.60. The molecule has 1 rings (SSSR count). The molecule has 0 saturated heterocycles. The molecule has 1 amide bonds. The number of hydrogen-bond acceptors (Lipinski definition) is 2. The minimum atomic E-state index is -3.26. The van der Waals surface area contributed by atoms with Gasteiger partial charge in [0.2, 0.25) is 11.9 Å². The van der Waals surface area contributed by atoms with Crippen molar-refractivity contribution in [2.75, 3.05) is 5.32 Å². The Morgan fingerprint density at radius 2 is 2.00 bits per heavy atom. The number of carbonyl (C=O) groups excluding carboxylic acids is 1. The molecule has 0 radical (unpaired) electrons. The third-order valence-electron chi connectivity index (χ3n) is 1.27. The van der Waals surface area contributed by atoms with Gasteiger partial charge in [-0.2, -0.15) is 22.5 Å². The SMILES string of the molecule is O=C(Nc1ccc(F)nc1F)C(F)F. The lowest BCUT2D eigenvalue weighted by Gasteiger charge is -2.03. The van der Waals surface area contributed by atoms with E-state index in [2.05, 4.69) is 4.98 Å². The molecule has 1 heterocycles. The highest BCUT2D eigenvalue weighted by Gasteiger charge is 2.17. The molecule has 0 aliphatic carbocycles. The predicted octanol–water partition coefficient (Wildman–Crippen LogP) is 1.56. The van der Waals surface area contributed by atoms with E-state index in [4.69, 9.17) is 0 Å². The topological polar surface area (TPSA) is 42.0 Å². The van der Waals surface area contributed by atoms with Crippen molar-refractivity contribution < 1.29 is 22.4 Å². The predicted molar refractivity (Wildman–Crippen MR) is 38.8 cm³/mol. The van der Waals surface area contributed by atoms with E-state index in [0.717, 1.165) is 12.1 Å². The highest BCUT2D eigenvalue weighted by molar-refractivity contribution is 5.92. The number of carbonyl (C=O) groups is 1. The molecule has 1 aromatic rings. The number of alkyl halides is 2. The molecule has 14 heavy (non-hydrogen) atoms. The maximum Gasteiger partial charge on any atom is 0.315 e. The summed E-state index contributed by atoms with van der Waals surface area (Å²) in [6, 6.07) is 1.54. The summed E-state index contributed by atoms with van der Waals surface area (Å²) in [6.45, 7) is 0. The van der Waals surface area contributed by atoms with Crippen molar-refractivity contribution in [3.8, 4) is 0 Å². The van der Waals surface area contributed by atoms with Crippen LogP contribution in [0.1, 0.15) is 0 Å². The Balaban J connectivity index is 2.82. The molecular weight excluding hydrogens is 204 g/mol. The number of rotatable bonds is 2. The van der Waals surface area contributed by atoms with Gasteiger partial charge in [0.05, 0.1) is 5.69 Å². The van der Waals surface area contributed by atoms with Crippen LogP contribution in [0.4, 0.5) is 23.2 Å². The number of halogens is 4. The van der Waals surface area contributed by atoms with Gasteiger partial charge < -0.3 is 5.32 Å². The number of amides is 1. The van der Waals surface area contributed by atoms with Gasteiger partial charge in [-0.05, 0) is 12.1 Å². The molecule has 0 spiro atoms. The number of nitrogens with zero attached hydrogens (tertiary/aromatic N) is 1. The summed E-state index contributed by atoms with van der Waals surface area (Å²) in [5, 5.41) is 1.54. The molecule has 0 unspecified atom stereocenters. The minimum absolute atomic E-state index is 0.586. The Labute approximate surface area is 75.8 Å². The van der Waals surface area contributed by atoms with Gasteiger partial charge in [0.1, 0.15) is 0 Å². The van der Waals surface area contributed by atoms with E-state index in [-0.39, 0.29) is 0 Å². The van der Waals surface area contributed by atoms with Crippen LogP contribution in [0.25, 0.3) is 0 Å². The van der Waals surface area contributed by atoms with E-state index in [1.165, 1.54) is 0 Å². The Hall–Kier alpha value is -1.66. The molecule has 0 bridgehead atoms. The molecule has 0 aliphatic rings. The first-order chi connectivity index (χ1) is 6.50. The summed E-state index contributed by atoms with van der Waals surface area (Å²) < 4.78 is 48.3.